The number of hydrogen-bond acceptors (Lipinski definition) is 4. The molecule has 0 aromatic heterocycles. The summed E-state index contributed by atoms with van der Waals surface area (Å²) in [6, 6.07) is 8.30. The standard InChI is InChI=1S/C22H26ClNO4/c1-27-17-7-6-15(12-18(17)28-16-4-2-3-5-16)20(14-24)8-10-21(11-9-20)13-22(21,23)19(25)26/h6-7,12,16H,2-5,8-11,13H2,1H3,(H,25,26). The zero-order chi connectivity index (χ0) is 20.0. The Morgan fingerprint density at radius 3 is 2.43 bits per heavy atom. The number of nitrogens with zero attached hydrogens (tertiary/aromatic N) is 1. The second-order valence-corrected chi connectivity index (χ2v) is 9.29. The minimum absolute atomic E-state index is 0.204. The van der Waals surface area contributed by atoms with Crippen molar-refractivity contribution in [3.8, 4) is 17.6 Å². The van der Waals surface area contributed by atoms with Crippen LogP contribution in [0.5, 0.6) is 11.5 Å². The molecular formula is C22H26ClNO4. The van der Waals surface area contributed by atoms with Gasteiger partial charge in [0.25, 0.3) is 0 Å². The maximum absolute atomic E-state index is 11.5. The molecule has 1 aromatic rings. The minimum atomic E-state index is -1.15. The molecule has 4 rings (SSSR count). The number of halogens is 1. The molecule has 3 aliphatic carbocycles. The van der Waals surface area contributed by atoms with Crippen molar-refractivity contribution in [3.05, 3.63) is 23.8 Å². The molecule has 0 amide bonds. The van der Waals surface area contributed by atoms with Crippen LogP contribution in [0.3, 0.4) is 0 Å². The molecule has 3 aliphatic rings. The number of carbonyl (C=O) groups is 1. The van der Waals surface area contributed by atoms with Crippen molar-refractivity contribution in [2.24, 2.45) is 5.41 Å². The Bertz CT molecular complexity index is 818. The van der Waals surface area contributed by atoms with E-state index in [1.807, 2.05) is 18.2 Å². The summed E-state index contributed by atoms with van der Waals surface area (Å²) in [5.74, 6) is 0.449. The zero-order valence-electron chi connectivity index (χ0n) is 16.2. The van der Waals surface area contributed by atoms with E-state index >= 15 is 0 Å². The Hall–Kier alpha value is -1.93. The highest BCUT2D eigenvalue weighted by Crippen LogP contribution is 2.70. The van der Waals surface area contributed by atoms with Gasteiger partial charge < -0.3 is 14.6 Å². The topological polar surface area (TPSA) is 79.5 Å². The quantitative estimate of drug-likeness (QED) is 0.714. The van der Waals surface area contributed by atoms with Gasteiger partial charge in [-0.3, -0.25) is 4.79 Å². The second kappa shape index (κ2) is 6.84. The lowest BCUT2D eigenvalue weighted by Gasteiger charge is -2.37. The summed E-state index contributed by atoms with van der Waals surface area (Å²) in [6.45, 7) is 0. The van der Waals surface area contributed by atoms with Gasteiger partial charge in [0.1, 0.15) is 4.87 Å². The van der Waals surface area contributed by atoms with E-state index in [0.717, 1.165) is 18.4 Å². The third kappa shape index (κ3) is 2.93. The van der Waals surface area contributed by atoms with E-state index in [1.165, 1.54) is 12.8 Å². The maximum Gasteiger partial charge on any atom is 0.325 e. The molecule has 0 aliphatic heterocycles. The Kier molecular flexibility index (Phi) is 4.74. The normalized spacial score (nSPS) is 34.8. The lowest BCUT2D eigenvalue weighted by atomic mass is 9.65. The zero-order valence-corrected chi connectivity index (χ0v) is 16.9. The number of aliphatic carboxylic acids is 1. The van der Waals surface area contributed by atoms with Crippen LogP contribution in [0.4, 0.5) is 0 Å². The van der Waals surface area contributed by atoms with Gasteiger partial charge >= 0.3 is 5.97 Å². The number of carboxylic acid groups (broad SMARTS) is 1. The van der Waals surface area contributed by atoms with E-state index < -0.39 is 16.3 Å². The molecule has 0 bridgehead atoms. The first-order valence-corrected chi connectivity index (χ1v) is 10.4. The Labute approximate surface area is 170 Å². The van der Waals surface area contributed by atoms with E-state index in [9.17, 15) is 15.2 Å². The van der Waals surface area contributed by atoms with Crippen molar-refractivity contribution in [2.45, 2.75) is 74.2 Å². The molecular weight excluding hydrogens is 378 g/mol. The highest BCUT2D eigenvalue weighted by Gasteiger charge is 2.72. The largest absolute Gasteiger partial charge is 0.493 e. The van der Waals surface area contributed by atoms with Gasteiger partial charge in [-0.05, 0) is 75.5 Å². The molecule has 1 unspecified atom stereocenters. The summed E-state index contributed by atoms with van der Waals surface area (Å²) in [6.07, 6.45) is 7.69. The van der Waals surface area contributed by atoms with E-state index in [0.29, 0.717) is 43.6 Å². The van der Waals surface area contributed by atoms with Gasteiger partial charge in [-0.15, -0.1) is 11.6 Å². The molecule has 1 spiro atoms. The summed E-state index contributed by atoms with van der Waals surface area (Å²) >= 11 is 6.34. The van der Waals surface area contributed by atoms with Crippen LogP contribution < -0.4 is 9.47 Å². The molecule has 0 saturated heterocycles. The van der Waals surface area contributed by atoms with Crippen LogP contribution in [-0.4, -0.2) is 29.2 Å². The molecule has 6 heteroatoms. The molecule has 1 aromatic carbocycles. The first-order chi connectivity index (χ1) is 13.4. The summed E-state index contributed by atoms with van der Waals surface area (Å²) in [4.78, 5) is 10.4. The fourth-order valence-electron chi connectivity index (χ4n) is 5.17. The molecule has 3 fully saturated rings. The van der Waals surface area contributed by atoms with Gasteiger partial charge in [0.2, 0.25) is 0 Å². The molecule has 0 heterocycles. The van der Waals surface area contributed by atoms with Crippen LogP contribution in [-0.2, 0) is 10.2 Å². The van der Waals surface area contributed by atoms with Crippen LogP contribution >= 0.6 is 11.6 Å². The van der Waals surface area contributed by atoms with E-state index in [-0.39, 0.29) is 11.5 Å². The van der Waals surface area contributed by atoms with Crippen molar-refractivity contribution in [2.75, 3.05) is 7.11 Å². The molecule has 28 heavy (non-hydrogen) atoms. The van der Waals surface area contributed by atoms with Crippen LogP contribution in [0.1, 0.15) is 63.4 Å². The van der Waals surface area contributed by atoms with E-state index in [1.54, 1.807) is 7.11 Å². The highest BCUT2D eigenvalue weighted by atomic mass is 35.5. The minimum Gasteiger partial charge on any atom is -0.493 e. The predicted octanol–water partition coefficient (Wildman–Crippen LogP) is 4.80. The van der Waals surface area contributed by atoms with Gasteiger partial charge in [0.15, 0.2) is 11.5 Å². The molecule has 1 atom stereocenters. The van der Waals surface area contributed by atoms with Crippen molar-refractivity contribution in [1.82, 2.24) is 0 Å². The fraction of sp³-hybridized carbons (Fsp3) is 0.636. The number of methoxy groups -OCH3 is 1. The number of alkyl halides is 1. The predicted molar refractivity (Wildman–Crippen MR) is 105 cm³/mol. The average molecular weight is 404 g/mol. The van der Waals surface area contributed by atoms with E-state index in [4.69, 9.17) is 21.1 Å². The van der Waals surface area contributed by atoms with Crippen molar-refractivity contribution in [3.63, 3.8) is 0 Å². The Morgan fingerprint density at radius 1 is 1.21 bits per heavy atom. The molecule has 3 saturated carbocycles. The van der Waals surface area contributed by atoms with Gasteiger partial charge in [-0.25, -0.2) is 0 Å². The Balaban J connectivity index is 1.57. The lowest BCUT2D eigenvalue weighted by molar-refractivity contribution is -0.138. The second-order valence-electron chi connectivity index (χ2n) is 8.65. The Morgan fingerprint density at radius 2 is 1.89 bits per heavy atom. The number of hydrogen-bond donors (Lipinski definition) is 1. The van der Waals surface area contributed by atoms with Crippen LogP contribution in [0.15, 0.2) is 18.2 Å². The van der Waals surface area contributed by atoms with Crippen LogP contribution in [0.2, 0.25) is 0 Å². The fourth-order valence-corrected chi connectivity index (χ4v) is 5.61. The molecule has 150 valence electrons. The number of carboxylic acids is 1. The summed E-state index contributed by atoms with van der Waals surface area (Å²) in [7, 11) is 1.62. The lowest BCUT2D eigenvalue weighted by Crippen LogP contribution is -2.35. The first kappa shape index (κ1) is 19.4. The molecule has 0 radical (unpaired) electrons. The van der Waals surface area contributed by atoms with Crippen LogP contribution in [0.25, 0.3) is 0 Å². The number of rotatable bonds is 5. The van der Waals surface area contributed by atoms with Crippen molar-refractivity contribution >= 4 is 17.6 Å². The smallest absolute Gasteiger partial charge is 0.325 e. The van der Waals surface area contributed by atoms with Crippen LogP contribution in [0, 0.1) is 16.7 Å². The van der Waals surface area contributed by atoms with Crippen molar-refractivity contribution < 1.29 is 19.4 Å². The first-order valence-electron chi connectivity index (χ1n) is 10.1. The maximum atomic E-state index is 11.5. The third-order valence-corrected chi connectivity index (χ3v) is 7.92. The monoisotopic (exact) mass is 403 g/mol. The highest BCUT2D eigenvalue weighted by molar-refractivity contribution is 6.37. The average Bonchev–Trinajstić information content (AvgIpc) is 3.04. The van der Waals surface area contributed by atoms with Gasteiger partial charge in [-0.1, -0.05) is 6.07 Å². The van der Waals surface area contributed by atoms with Gasteiger partial charge in [0, 0.05) is 5.41 Å². The van der Waals surface area contributed by atoms with Gasteiger partial charge in [-0.2, -0.15) is 5.26 Å². The summed E-state index contributed by atoms with van der Waals surface area (Å²) in [5, 5.41) is 19.5. The van der Waals surface area contributed by atoms with Crippen molar-refractivity contribution in [1.29, 1.82) is 5.26 Å². The molecule has 5 nitrogen and oxygen atoms in total. The summed E-state index contributed by atoms with van der Waals surface area (Å²) < 4.78 is 11.7. The number of ether oxygens (including phenoxy) is 2. The van der Waals surface area contributed by atoms with E-state index in [2.05, 4.69) is 6.07 Å². The summed E-state index contributed by atoms with van der Waals surface area (Å²) in [5.41, 5.74) is -0.0737. The number of benzene rings is 1. The third-order valence-electron chi connectivity index (χ3n) is 7.22. The SMILES string of the molecule is COc1ccc(C2(C#N)CCC3(CC2)CC3(Cl)C(=O)O)cc1OC1CCCC1. The number of nitriles is 1. The van der Waals surface area contributed by atoms with Gasteiger partial charge in [0.05, 0.1) is 24.7 Å². The molecule has 1 N–H and O–H groups in total.